The first-order valence-corrected chi connectivity index (χ1v) is 7.79. The number of carbonyl (C=O) groups excluding carboxylic acids is 1. The number of hydrogen-bond acceptors (Lipinski definition) is 3. The molecule has 0 spiro atoms. The Morgan fingerprint density at radius 2 is 2.11 bits per heavy atom. The monoisotopic (exact) mass is 267 g/mol. The first-order valence-electron chi connectivity index (χ1n) is 7.79. The Morgan fingerprint density at radius 3 is 2.79 bits per heavy atom. The lowest BCUT2D eigenvalue weighted by Gasteiger charge is -2.46. The van der Waals surface area contributed by atoms with Crippen LogP contribution in [0, 0.1) is 11.8 Å². The third-order valence-corrected chi connectivity index (χ3v) is 5.20. The normalized spacial score (nSPS) is 31.7. The fraction of sp³-hybridized carbons (Fsp3) is 0.933. The lowest BCUT2D eigenvalue weighted by Crippen LogP contribution is -2.57. The van der Waals surface area contributed by atoms with E-state index in [2.05, 4.69) is 25.8 Å². The van der Waals surface area contributed by atoms with E-state index in [1.807, 2.05) is 4.90 Å². The van der Waals surface area contributed by atoms with Crippen LogP contribution in [0.3, 0.4) is 0 Å². The molecule has 0 aromatic heterocycles. The molecule has 0 aliphatic carbocycles. The molecule has 4 nitrogen and oxygen atoms in total. The zero-order chi connectivity index (χ0) is 14.0. The lowest BCUT2D eigenvalue weighted by molar-refractivity contribution is -0.137. The summed E-state index contributed by atoms with van der Waals surface area (Å²) >= 11 is 0. The molecule has 4 heteroatoms. The largest absolute Gasteiger partial charge is 0.341 e. The van der Waals surface area contributed by atoms with Crippen molar-refractivity contribution in [1.29, 1.82) is 0 Å². The first kappa shape index (κ1) is 14.8. The van der Waals surface area contributed by atoms with E-state index < -0.39 is 0 Å². The number of carbonyl (C=O) groups is 1. The summed E-state index contributed by atoms with van der Waals surface area (Å²) in [5.74, 6) is 1.10. The van der Waals surface area contributed by atoms with Crippen LogP contribution in [-0.2, 0) is 4.79 Å². The Bertz CT molecular complexity index is 321. The van der Waals surface area contributed by atoms with Gasteiger partial charge < -0.3 is 15.5 Å². The maximum Gasteiger partial charge on any atom is 0.239 e. The lowest BCUT2D eigenvalue weighted by atomic mass is 9.83. The third kappa shape index (κ3) is 3.11. The average Bonchev–Trinajstić information content (AvgIpc) is 2.44. The second-order valence-electron chi connectivity index (χ2n) is 6.43. The SMILES string of the molecule is CC[C@H](C)[C@H](N)C(=O)N1CCC2C(CCCN2C)C1. The summed E-state index contributed by atoms with van der Waals surface area (Å²) in [7, 11) is 2.22. The van der Waals surface area contributed by atoms with Crippen molar-refractivity contribution < 1.29 is 4.79 Å². The minimum absolute atomic E-state index is 0.168. The maximum absolute atomic E-state index is 12.4. The van der Waals surface area contributed by atoms with Gasteiger partial charge in [0.05, 0.1) is 6.04 Å². The number of likely N-dealkylation sites (tertiary alicyclic amines) is 2. The van der Waals surface area contributed by atoms with E-state index in [9.17, 15) is 4.79 Å². The van der Waals surface area contributed by atoms with E-state index in [4.69, 9.17) is 5.73 Å². The van der Waals surface area contributed by atoms with Gasteiger partial charge in [0.15, 0.2) is 0 Å². The van der Waals surface area contributed by atoms with Crippen molar-refractivity contribution in [3.63, 3.8) is 0 Å². The molecule has 0 bridgehead atoms. The van der Waals surface area contributed by atoms with Gasteiger partial charge in [-0.1, -0.05) is 20.3 Å². The molecule has 2 rings (SSSR count). The van der Waals surface area contributed by atoms with Crippen molar-refractivity contribution in [1.82, 2.24) is 9.80 Å². The minimum atomic E-state index is -0.317. The summed E-state index contributed by atoms with van der Waals surface area (Å²) in [4.78, 5) is 16.9. The van der Waals surface area contributed by atoms with Crippen LogP contribution in [0.25, 0.3) is 0 Å². The van der Waals surface area contributed by atoms with E-state index in [-0.39, 0.29) is 17.9 Å². The van der Waals surface area contributed by atoms with Gasteiger partial charge >= 0.3 is 0 Å². The summed E-state index contributed by atoms with van der Waals surface area (Å²) in [6.45, 7) is 7.18. The molecule has 19 heavy (non-hydrogen) atoms. The quantitative estimate of drug-likeness (QED) is 0.838. The molecule has 2 aliphatic heterocycles. The number of piperidine rings is 2. The van der Waals surface area contributed by atoms with Crippen LogP contribution in [0.15, 0.2) is 0 Å². The Hall–Kier alpha value is -0.610. The van der Waals surface area contributed by atoms with Crippen molar-refractivity contribution in [3.8, 4) is 0 Å². The highest BCUT2D eigenvalue weighted by molar-refractivity contribution is 5.82. The molecule has 0 aromatic rings. The third-order valence-electron chi connectivity index (χ3n) is 5.20. The van der Waals surface area contributed by atoms with Gasteiger partial charge in [-0.25, -0.2) is 0 Å². The molecule has 110 valence electrons. The second kappa shape index (κ2) is 6.23. The van der Waals surface area contributed by atoms with Crippen LogP contribution in [0.2, 0.25) is 0 Å². The topological polar surface area (TPSA) is 49.6 Å². The van der Waals surface area contributed by atoms with Crippen LogP contribution in [0.5, 0.6) is 0 Å². The summed E-state index contributed by atoms with van der Waals surface area (Å²) in [5.41, 5.74) is 6.10. The number of nitrogens with zero attached hydrogens (tertiary/aromatic N) is 2. The van der Waals surface area contributed by atoms with E-state index in [0.29, 0.717) is 12.0 Å². The molecule has 0 aromatic carbocycles. The Labute approximate surface area is 117 Å². The van der Waals surface area contributed by atoms with Crippen molar-refractivity contribution >= 4 is 5.91 Å². The van der Waals surface area contributed by atoms with Gasteiger partial charge in [-0.3, -0.25) is 4.79 Å². The molecular formula is C15H29N3O. The van der Waals surface area contributed by atoms with Gasteiger partial charge in [0.2, 0.25) is 5.91 Å². The zero-order valence-electron chi connectivity index (χ0n) is 12.6. The number of nitrogens with two attached hydrogens (primary N) is 1. The smallest absolute Gasteiger partial charge is 0.239 e. The minimum Gasteiger partial charge on any atom is -0.341 e. The van der Waals surface area contributed by atoms with Gasteiger partial charge in [0.1, 0.15) is 0 Å². The van der Waals surface area contributed by atoms with Crippen molar-refractivity contribution in [2.45, 2.75) is 51.6 Å². The molecule has 1 amide bonds. The van der Waals surface area contributed by atoms with Gasteiger partial charge in [0.25, 0.3) is 0 Å². The standard InChI is InChI=1S/C15H29N3O/c1-4-11(2)14(16)15(19)18-9-7-13-12(10-18)6-5-8-17(13)3/h11-14H,4-10,16H2,1-3H3/t11-,12?,13?,14-/m0/s1. The van der Waals surface area contributed by atoms with Crippen molar-refractivity contribution in [3.05, 3.63) is 0 Å². The van der Waals surface area contributed by atoms with Crippen LogP contribution in [0.1, 0.15) is 39.5 Å². The second-order valence-corrected chi connectivity index (χ2v) is 6.43. The molecule has 0 saturated carbocycles. The zero-order valence-corrected chi connectivity index (χ0v) is 12.6. The maximum atomic E-state index is 12.4. The summed E-state index contributed by atoms with van der Waals surface area (Å²) in [5, 5.41) is 0. The molecule has 2 unspecified atom stereocenters. The fourth-order valence-corrected chi connectivity index (χ4v) is 3.56. The number of hydrogen-bond donors (Lipinski definition) is 1. The predicted octanol–water partition coefficient (Wildman–Crippen LogP) is 1.30. The van der Waals surface area contributed by atoms with Crippen LogP contribution in [0.4, 0.5) is 0 Å². The Balaban J connectivity index is 1.95. The number of fused-ring (bicyclic) bond motifs is 1. The van der Waals surface area contributed by atoms with Crippen molar-refractivity contribution in [2.24, 2.45) is 17.6 Å². The highest BCUT2D eigenvalue weighted by Crippen LogP contribution is 2.30. The van der Waals surface area contributed by atoms with Crippen LogP contribution in [-0.4, -0.2) is 54.5 Å². The fourth-order valence-electron chi connectivity index (χ4n) is 3.56. The van der Waals surface area contributed by atoms with E-state index in [1.165, 1.54) is 19.4 Å². The van der Waals surface area contributed by atoms with Gasteiger partial charge in [0, 0.05) is 19.1 Å². The summed E-state index contributed by atoms with van der Waals surface area (Å²) in [6, 6.07) is 0.362. The molecule has 2 N–H and O–H groups in total. The average molecular weight is 267 g/mol. The number of rotatable bonds is 3. The molecule has 2 aliphatic rings. The summed E-state index contributed by atoms with van der Waals surface area (Å²) < 4.78 is 0. The molecule has 0 radical (unpaired) electrons. The number of amides is 1. The van der Waals surface area contributed by atoms with Gasteiger partial charge in [-0.05, 0) is 44.7 Å². The first-order chi connectivity index (χ1) is 9.04. The Morgan fingerprint density at radius 1 is 1.37 bits per heavy atom. The van der Waals surface area contributed by atoms with E-state index >= 15 is 0 Å². The van der Waals surface area contributed by atoms with Gasteiger partial charge in [-0.2, -0.15) is 0 Å². The molecular weight excluding hydrogens is 238 g/mol. The predicted molar refractivity (Wildman–Crippen MR) is 77.8 cm³/mol. The van der Waals surface area contributed by atoms with Crippen molar-refractivity contribution in [2.75, 3.05) is 26.7 Å². The highest BCUT2D eigenvalue weighted by atomic mass is 16.2. The summed E-state index contributed by atoms with van der Waals surface area (Å²) in [6.07, 6.45) is 4.60. The Kier molecular flexibility index (Phi) is 4.85. The van der Waals surface area contributed by atoms with Crippen LogP contribution >= 0.6 is 0 Å². The molecule has 4 atom stereocenters. The van der Waals surface area contributed by atoms with Crippen LogP contribution < -0.4 is 5.73 Å². The molecule has 2 saturated heterocycles. The highest BCUT2D eigenvalue weighted by Gasteiger charge is 2.37. The molecule has 2 heterocycles. The molecule has 2 fully saturated rings. The van der Waals surface area contributed by atoms with E-state index in [0.717, 1.165) is 25.9 Å². The van der Waals surface area contributed by atoms with Gasteiger partial charge in [-0.15, -0.1) is 0 Å². The van der Waals surface area contributed by atoms with E-state index in [1.54, 1.807) is 0 Å².